The van der Waals surface area contributed by atoms with E-state index in [0.717, 1.165) is 45.0 Å². The third-order valence-electron chi connectivity index (χ3n) is 6.64. The van der Waals surface area contributed by atoms with Gasteiger partial charge in [0.1, 0.15) is 22.8 Å². The summed E-state index contributed by atoms with van der Waals surface area (Å²) in [6, 6.07) is 31.6. The molecule has 2 heterocycles. The van der Waals surface area contributed by atoms with E-state index in [4.69, 9.17) is 13.9 Å². The molecule has 5 nitrogen and oxygen atoms in total. The minimum atomic E-state index is -0.295. The Kier molecular flexibility index (Phi) is 5.66. The van der Waals surface area contributed by atoms with Gasteiger partial charge in [-0.05, 0) is 66.6 Å². The summed E-state index contributed by atoms with van der Waals surface area (Å²) in [4.78, 5) is 15.2. The van der Waals surface area contributed by atoms with Crippen LogP contribution in [0.4, 0.5) is 5.69 Å². The van der Waals surface area contributed by atoms with Gasteiger partial charge in [0.15, 0.2) is 6.73 Å². The number of anilines is 1. The van der Waals surface area contributed by atoms with Gasteiger partial charge < -0.3 is 18.8 Å². The van der Waals surface area contributed by atoms with E-state index in [1.165, 1.54) is 0 Å². The Bertz CT molecular complexity index is 1580. The molecule has 0 amide bonds. The van der Waals surface area contributed by atoms with Gasteiger partial charge in [0.25, 0.3) is 0 Å². The van der Waals surface area contributed by atoms with Crippen molar-refractivity contribution >= 4 is 16.7 Å². The van der Waals surface area contributed by atoms with E-state index in [9.17, 15) is 4.79 Å². The van der Waals surface area contributed by atoms with E-state index in [0.29, 0.717) is 30.8 Å². The van der Waals surface area contributed by atoms with Crippen molar-refractivity contribution in [1.82, 2.24) is 0 Å². The number of hydrogen-bond donors (Lipinski definition) is 0. The second-order valence-electron chi connectivity index (χ2n) is 8.95. The molecule has 6 rings (SSSR count). The summed E-state index contributed by atoms with van der Waals surface area (Å²) in [5.74, 6) is 2.31. The van der Waals surface area contributed by atoms with Crippen LogP contribution in [0.3, 0.4) is 0 Å². The molecule has 0 unspecified atom stereocenters. The van der Waals surface area contributed by atoms with E-state index in [2.05, 4.69) is 4.90 Å². The molecule has 1 aliphatic heterocycles. The number of ether oxygens (including phenoxy) is 2. The van der Waals surface area contributed by atoms with Crippen LogP contribution in [0.25, 0.3) is 11.0 Å². The standard InChI is InChI=1S/C31H25NO4/c1-21-26-16-17-29-28(30(26)36-31(33)27(21)18-22-8-4-2-5-9-22)19-32(20-34-29)23-12-14-25(15-13-23)35-24-10-6-3-7-11-24/h2-17H,18-20H2,1H3. The second-order valence-corrected chi connectivity index (χ2v) is 8.95. The molecule has 0 radical (unpaired) electrons. The molecule has 0 N–H and O–H groups in total. The Hall–Kier alpha value is -4.51. The highest BCUT2D eigenvalue weighted by molar-refractivity contribution is 5.86. The average Bonchev–Trinajstić information content (AvgIpc) is 2.92. The van der Waals surface area contributed by atoms with Crippen LogP contribution >= 0.6 is 0 Å². The fourth-order valence-corrected chi connectivity index (χ4v) is 4.68. The average molecular weight is 476 g/mol. The first kappa shape index (κ1) is 22.0. The Morgan fingerprint density at radius 2 is 1.53 bits per heavy atom. The minimum Gasteiger partial charge on any atom is -0.473 e. The molecule has 0 spiro atoms. The van der Waals surface area contributed by atoms with Crippen LogP contribution in [0, 0.1) is 6.92 Å². The molecular formula is C31H25NO4. The molecule has 178 valence electrons. The molecule has 1 aromatic heterocycles. The summed E-state index contributed by atoms with van der Waals surface area (Å²) in [7, 11) is 0. The molecule has 0 atom stereocenters. The van der Waals surface area contributed by atoms with Crippen LogP contribution in [0.1, 0.15) is 22.3 Å². The van der Waals surface area contributed by atoms with Crippen molar-refractivity contribution in [2.24, 2.45) is 0 Å². The minimum absolute atomic E-state index is 0.295. The number of aryl methyl sites for hydroxylation is 1. The van der Waals surface area contributed by atoms with E-state index >= 15 is 0 Å². The van der Waals surface area contributed by atoms with Crippen molar-refractivity contribution < 1.29 is 13.9 Å². The molecule has 5 heteroatoms. The van der Waals surface area contributed by atoms with Gasteiger partial charge in [-0.15, -0.1) is 0 Å². The fourth-order valence-electron chi connectivity index (χ4n) is 4.68. The smallest absolute Gasteiger partial charge is 0.340 e. The molecule has 0 aliphatic carbocycles. The van der Waals surface area contributed by atoms with Crippen molar-refractivity contribution in [3.8, 4) is 17.2 Å². The van der Waals surface area contributed by atoms with Gasteiger partial charge in [-0.2, -0.15) is 0 Å². The van der Waals surface area contributed by atoms with E-state index < -0.39 is 0 Å². The maximum absolute atomic E-state index is 13.0. The predicted molar refractivity (Wildman–Crippen MR) is 141 cm³/mol. The number of benzene rings is 4. The summed E-state index contributed by atoms with van der Waals surface area (Å²) in [5.41, 5.74) is 4.91. The first-order valence-electron chi connectivity index (χ1n) is 12.0. The number of nitrogens with zero attached hydrogens (tertiary/aromatic N) is 1. The Morgan fingerprint density at radius 1 is 0.833 bits per heavy atom. The Balaban J connectivity index is 1.29. The van der Waals surface area contributed by atoms with Gasteiger partial charge in [-0.25, -0.2) is 4.79 Å². The third-order valence-corrected chi connectivity index (χ3v) is 6.64. The van der Waals surface area contributed by atoms with Gasteiger partial charge in [-0.3, -0.25) is 0 Å². The lowest BCUT2D eigenvalue weighted by atomic mass is 9.97. The number of rotatable bonds is 5. The molecule has 5 aromatic rings. The number of fused-ring (bicyclic) bond motifs is 3. The zero-order valence-corrected chi connectivity index (χ0v) is 19.9. The Labute approximate surface area is 209 Å². The maximum Gasteiger partial charge on any atom is 0.340 e. The second kappa shape index (κ2) is 9.27. The molecule has 0 saturated carbocycles. The first-order chi connectivity index (χ1) is 17.7. The summed E-state index contributed by atoms with van der Waals surface area (Å²) >= 11 is 0. The van der Waals surface area contributed by atoms with E-state index in [-0.39, 0.29) is 5.63 Å². The van der Waals surface area contributed by atoms with Crippen LogP contribution < -0.4 is 20.0 Å². The highest BCUT2D eigenvalue weighted by Crippen LogP contribution is 2.36. The lowest BCUT2D eigenvalue weighted by molar-refractivity contribution is 0.289. The largest absolute Gasteiger partial charge is 0.473 e. The van der Waals surface area contributed by atoms with Crippen molar-refractivity contribution in [2.75, 3.05) is 11.6 Å². The summed E-state index contributed by atoms with van der Waals surface area (Å²) < 4.78 is 17.9. The third kappa shape index (κ3) is 4.20. The Morgan fingerprint density at radius 3 is 2.28 bits per heavy atom. The van der Waals surface area contributed by atoms with Crippen molar-refractivity contribution in [2.45, 2.75) is 19.9 Å². The summed E-state index contributed by atoms with van der Waals surface area (Å²) in [5, 5.41) is 0.941. The predicted octanol–water partition coefficient (Wildman–Crippen LogP) is 6.84. The quantitative estimate of drug-likeness (QED) is 0.261. The zero-order chi connectivity index (χ0) is 24.5. The molecule has 4 aromatic carbocycles. The van der Waals surface area contributed by atoms with Crippen LogP contribution in [-0.2, 0) is 13.0 Å². The lowest BCUT2D eigenvalue weighted by Crippen LogP contribution is -2.32. The zero-order valence-electron chi connectivity index (χ0n) is 19.9. The molecule has 0 saturated heterocycles. The number of hydrogen-bond acceptors (Lipinski definition) is 5. The van der Waals surface area contributed by atoms with Crippen molar-refractivity contribution in [3.63, 3.8) is 0 Å². The SMILES string of the molecule is Cc1c(Cc2ccccc2)c(=O)oc2c3c(ccc12)OCN(c1ccc(Oc2ccccc2)cc1)C3. The van der Waals surface area contributed by atoms with Crippen LogP contribution in [-0.4, -0.2) is 6.73 Å². The fraction of sp³-hybridized carbons (Fsp3) is 0.129. The van der Waals surface area contributed by atoms with Gasteiger partial charge >= 0.3 is 5.63 Å². The summed E-state index contributed by atoms with van der Waals surface area (Å²) in [6.07, 6.45) is 0.544. The van der Waals surface area contributed by atoms with Gasteiger partial charge in [0.05, 0.1) is 12.1 Å². The molecule has 1 aliphatic rings. The van der Waals surface area contributed by atoms with Crippen molar-refractivity contribution in [3.05, 3.63) is 130 Å². The molecular weight excluding hydrogens is 450 g/mol. The highest BCUT2D eigenvalue weighted by atomic mass is 16.5. The molecule has 0 fully saturated rings. The normalized spacial score (nSPS) is 12.8. The van der Waals surface area contributed by atoms with E-state index in [1.807, 2.05) is 104 Å². The number of para-hydroxylation sites is 1. The molecule has 36 heavy (non-hydrogen) atoms. The van der Waals surface area contributed by atoms with Crippen LogP contribution in [0.2, 0.25) is 0 Å². The van der Waals surface area contributed by atoms with Gasteiger partial charge in [-0.1, -0.05) is 48.5 Å². The van der Waals surface area contributed by atoms with Gasteiger partial charge in [0, 0.05) is 23.1 Å². The van der Waals surface area contributed by atoms with Crippen molar-refractivity contribution in [1.29, 1.82) is 0 Å². The first-order valence-corrected chi connectivity index (χ1v) is 12.0. The topological polar surface area (TPSA) is 51.9 Å². The van der Waals surface area contributed by atoms with E-state index in [1.54, 1.807) is 0 Å². The van der Waals surface area contributed by atoms with Crippen LogP contribution in [0.15, 0.2) is 106 Å². The van der Waals surface area contributed by atoms with Crippen LogP contribution in [0.5, 0.6) is 17.2 Å². The maximum atomic E-state index is 13.0. The van der Waals surface area contributed by atoms with Gasteiger partial charge in [0.2, 0.25) is 0 Å². The molecule has 0 bridgehead atoms. The highest BCUT2D eigenvalue weighted by Gasteiger charge is 2.24. The summed E-state index contributed by atoms with van der Waals surface area (Å²) in [6.45, 7) is 2.98. The monoisotopic (exact) mass is 475 g/mol. The lowest BCUT2D eigenvalue weighted by Gasteiger charge is -2.31.